The van der Waals surface area contributed by atoms with Crippen LogP contribution in [-0.2, 0) is 6.54 Å². The first-order valence-corrected chi connectivity index (χ1v) is 6.86. The maximum absolute atomic E-state index is 13.1. The molecule has 1 aromatic rings. The second-order valence-electron chi connectivity index (χ2n) is 5.29. The van der Waals surface area contributed by atoms with E-state index in [-0.39, 0.29) is 5.82 Å². The third-order valence-corrected chi connectivity index (χ3v) is 3.83. The molecule has 100 valence electrons. The van der Waals surface area contributed by atoms with Crippen molar-refractivity contribution in [2.24, 2.45) is 0 Å². The highest BCUT2D eigenvalue weighted by Crippen LogP contribution is 2.12. The predicted molar refractivity (Wildman–Crippen MR) is 73.1 cm³/mol. The largest absolute Gasteiger partial charge is 0.311 e. The summed E-state index contributed by atoms with van der Waals surface area (Å²) in [6.45, 7) is 8.46. The van der Waals surface area contributed by atoms with Crippen molar-refractivity contribution >= 4 is 0 Å². The van der Waals surface area contributed by atoms with Gasteiger partial charge >= 0.3 is 0 Å². The summed E-state index contributed by atoms with van der Waals surface area (Å²) >= 11 is 0. The van der Waals surface area contributed by atoms with Gasteiger partial charge in [0.05, 0.1) is 0 Å². The van der Waals surface area contributed by atoms with Gasteiger partial charge in [0.15, 0.2) is 0 Å². The van der Waals surface area contributed by atoms with Gasteiger partial charge in [0.25, 0.3) is 0 Å². The summed E-state index contributed by atoms with van der Waals surface area (Å²) in [6.07, 6.45) is 2.65. The summed E-state index contributed by atoms with van der Waals surface area (Å²) in [6, 6.07) is 5.56. The van der Waals surface area contributed by atoms with E-state index in [0.29, 0.717) is 6.04 Å². The molecule has 1 N–H and O–H groups in total. The lowest BCUT2D eigenvalue weighted by atomic mass is 10.1. The van der Waals surface area contributed by atoms with Crippen LogP contribution in [0.25, 0.3) is 0 Å². The maximum Gasteiger partial charge on any atom is 0.123 e. The quantitative estimate of drug-likeness (QED) is 0.864. The summed E-state index contributed by atoms with van der Waals surface area (Å²) in [7, 11) is 0. The van der Waals surface area contributed by atoms with Crippen molar-refractivity contribution in [3.8, 4) is 0 Å². The van der Waals surface area contributed by atoms with Gasteiger partial charge in [-0.05, 0) is 63.0 Å². The highest BCUT2D eigenvalue weighted by Gasteiger charge is 2.17. The Morgan fingerprint density at radius 1 is 1.33 bits per heavy atom. The SMILES string of the molecule is Cc1ccc(F)cc1CNCC(C)N1CCCC1. The molecule has 1 heterocycles. The summed E-state index contributed by atoms with van der Waals surface area (Å²) in [5, 5.41) is 3.44. The molecule has 1 aliphatic heterocycles. The molecule has 3 heteroatoms. The second-order valence-corrected chi connectivity index (χ2v) is 5.29. The minimum absolute atomic E-state index is 0.148. The smallest absolute Gasteiger partial charge is 0.123 e. The van der Waals surface area contributed by atoms with E-state index in [9.17, 15) is 4.39 Å². The van der Waals surface area contributed by atoms with Crippen molar-refractivity contribution < 1.29 is 4.39 Å². The fraction of sp³-hybridized carbons (Fsp3) is 0.600. The number of halogens is 1. The van der Waals surface area contributed by atoms with E-state index in [1.54, 1.807) is 6.07 Å². The normalized spacial score (nSPS) is 18.2. The zero-order valence-corrected chi connectivity index (χ0v) is 11.4. The van der Waals surface area contributed by atoms with Gasteiger partial charge in [-0.2, -0.15) is 0 Å². The van der Waals surface area contributed by atoms with E-state index < -0.39 is 0 Å². The lowest BCUT2D eigenvalue weighted by molar-refractivity contribution is 0.251. The number of hydrogen-bond acceptors (Lipinski definition) is 2. The van der Waals surface area contributed by atoms with Crippen molar-refractivity contribution in [2.75, 3.05) is 19.6 Å². The molecule has 0 amide bonds. The van der Waals surface area contributed by atoms with Gasteiger partial charge in [-0.3, -0.25) is 4.90 Å². The van der Waals surface area contributed by atoms with Crippen molar-refractivity contribution in [1.82, 2.24) is 10.2 Å². The lowest BCUT2D eigenvalue weighted by Gasteiger charge is -2.24. The van der Waals surface area contributed by atoms with Gasteiger partial charge < -0.3 is 5.32 Å². The summed E-state index contributed by atoms with van der Waals surface area (Å²) < 4.78 is 13.1. The Morgan fingerprint density at radius 3 is 2.78 bits per heavy atom. The number of rotatable bonds is 5. The van der Waals surface area contributed by atoms with Gasteiger partial charge in [0.1, 0.15) is 5.82 Å². The number of likely N-dealkylation sites (tertiary alicyclic amines) is 1. The minimum Gasteiger partial charge on any atom is -0.311 e. The van der Waals surface area contributed by atoms with Crippen LogP contribution in [0.4, 0.5) is 4.39 Å². The van der Waals surface area contributed by atoms with E-state index in [1.165, 1.54) is 32.0 Å². The molecule has 1 aromatic carbocycles. The average Bonchev–Trinajstić information content (AvgIpc) is 2.87. The number of nitrogens with one attached hydrogen (secondary N) is 1. The van der Waals surface area contributed by atoms with Crippen molar-refractivity contribution in [3.05, 3.63) is 35.1 Å². The molecule has 1 saturated heterocycles. The zero-order valence-electron chi connectivity index (χ0n) is 11.4. The predicted octanol–water partition coefficient (Wildman–Crippen LogP) is 2.71. The molecular weight excluding hydrogens is 227 g/mol. The van der Waals surface area contributed by atoms with Crippen LogP contribution in [0.2, 0.25) is 0 Å². The Balaban J connectivity index is 1.79. The molecule has 0 aliphatic carbocycles. The van der Waals surface area contributed by atoms with Crippen molar-refractivity contribution in [2.45, 2.75) is 39.3 Å². The highest BCUT2D eigenvalue weighted by molar-refractivity contribution is 5.26. The van der Waals surface area contributed by atoms with Gasteiger partial charge in [0.2, 0.25) is 0 Å². The minimum atomic E-state index is -0.148. The molecule has 1 unspecified atom stereocenters. The summed E-state index contributed by atoms with van der Waals surface area (Å²) in [5.41, 5.74) is 2.21. The Bertz CT molecular complexity index is 386. The molecule has 2 nitrogen and oxygen atoms in total. The van der Waals surface area contributed by atoms with Crippen LogP contribution < -0.4 is 5.32 Å². The Labute approximate surface area is 109 Å². The Kier molecular flexibility index (Phi) is 4.72. The first kappa shape index (κ1) is 13.5. The van der Waals surface area contributed by atoms with Crippen LogP contribution in [0, 0.1) is 12.7 Å². The molecule has 1 aliphatic rings. The summed E-state index contributed by atoms with van der Waals surface area (Å²) in [5.74, 6) is -0.148. The summed E-state index contributed by atoms with van der Waals surface area (Å²) in [4.78, 5) is 2.52. The topological polar surface area (TPSA) is 15.3 Å². The van der Waals surface area contributed by atoms with Gasteiger partial charge in [0, 0.05) is 19.1 Å². The second kappa shape index (κ2) is 6.30. The number of hydrogen-bond donors (Lipinski definition) is 1. The Hall–Kier alpha value is -0.930. The van der Waals surface area contributed by atoms with Crippen LogP contribution in [-0.4, -0.2) is 30.6 Å². The molecule has 0 radical (unpaired) electrons. The maximum atomic E-state index is 13.1. The monoisotopic (exact) mass is 250 g/mol. The van der Waals surface area contributed by atoms with E-state index >= 15 is 0 Å². The van der Waals surface area contributed by atoms with Crippen LogP contribution in [0.1, 0.15) is 30.9 Å². The van der Waals surface area contributed by atoms with Crippen molar-refractivity contribution in [3.63, 3.8) is 0 Å². The zero-order chi connectivity index (χ0) is 13.0. The molecule has 0 saturated carbocycles. The molecule has 0 spiro atoms. The first-order valence-electron chi connectivity index (χ1n) is 6.86. The molecule has 0 bridgehead atoms. The van der Waals surface area contributed by atoms with E-state index in [4.69, 9.17) is 0 Å². The van der Waals surface area contributed by atoms with E-state index in [1.807, 2.05) is 13.0 Å². The van der Waals surface area contributed by atoms with Gasteiger partial charge in [-0.1, -0.05) is 6.07 Å². The van der Waals surface area contributed by atoms with Crippen LogP contribution in [0.3, 0.4) is 0 Å². The number of aryl methyl sites for hydroxylation is 1. The third kappa shape index (κ3) is 3.53. The lowest BCUT2D eigenvalue weighted by Crippen LogP contribution is -2.38. The highest BCUT2D eigenvalue weighted by atomic mass is 19.1. The van der Waals surface area contributed by atoms with E-state index in [2.05, 4.69) is 17.1 Å². The fourth-order valence-corrected chi connectivity index (χ4v) is 2.56. The van der Waals surface area contributed by atoms with Crippen LogP contribution in [0.15, 0.2) is 18.2 Å². The van der Waals surface area contributed by atoms with Crippen LogP contribution in [0.5, 0.6) is 0 Å². The average molecular weight is 250 g/mol. The molecule has 1 fully saturated rings. The van der Waals surface area contributed by atoms with Crippen molar-refractivity contribution in [1.29, 1.82) is 0 Å². The van der Waals surface area contributed by atoms with Crippen LogP contribution >= 0.6 is 0 Å². The standard InChI is InChI=1S/C15H23FN2/c1-12-5-6-15(16)9-14(12)11-17-10-13(2)18-7-3-4-8-18/h5-6,9,13,17H,3-4,7-8,10-11H2,1-2H3. The van der Waals surface area contributed by atoms with Gasteiger partial charge in [-0.15, -0.1) is 0 Å². The van der Waals surface area contributed by atoms with Gasteiger partial charge in [-0.25, -0.2) is 4.39 Å². The molecule has 2 rings (SSSR count). The third-order valence-electron chi connectivity index (χ3n) is 3.83. The first-order chi connectivity index (χ1) is 8.66. The van der Waals surface area contributed by atoms with E-state index in [0.717, 1.165) is 24.2 Å². The molecular formula is C15H23FN2. The molecule has 0 aromatic heterocycles. The fourth-order valence-electron chi connectivity index (χ4n) is 2.56. The number of benzene rings is 1. The molecule has 18 heavy (non-hydrogen) atoms. The Morgan fingerprint density at radius 2 is 2.06 bits per heavy atom. The molecule has 1 atom stereocenters. The number of nitrogens with zero attached hydrogens (tertiary/aromatic N) is 1.